The molecule has 0 unspecified atom stereocenters. The Balaban J connectivity index is 2.64. The van der Waals surface area contributed by atoms with Crippen molar-refractivity contribution in [1.29, 1.82) is 0 Å². The largest absolute Gasteiger partial charge is 0.503 e. The van der Waals surface area contributed by atoms with Crippen LogP contribution in [-0.2, 0) is 14.6 Å². The number of hydrogen-bond acceptors (Lipinski definition) is 4. The fourth-order valence-electron chi connectivity index (χ4n) is 0.691. The van der Waals surface area contributed by atoms with Gasteiger partial charge in [-0.3, -0.25) is 0 Å². The zero-order valence-electron chi connectivity index (χ0n) is 7.37. The van der Waals surface area contributed by atoms with Crippen molar-refractivity contribution < 1.29 is 21.6 Å². The van der Waals surface area contributed by atoms with Gasteiger partial charge in [-0.1, -0.05) is 12.1 Å². The average molecular weight is 216 g/mol. The van der Waals surface area contributed by atoms with Gasteiger partial charge >= 0.3 is 10.4 Å². The van der Waals surface area contributed by atoms with Gasteiger partial charge in [-0.2, -0.15) is 8.42 Å². The van der Waals surface area contributed by atoms with Gasteiger partial charge in [0.15, 0.2) is 0 Å². The molecule has 0 aliphatic rings. The van der Waals surface area contributed by atoms with Crippen molar-refractivity contribution in [2.24, 2.45) is 0 Å². The molecule has 5 nitrogen and oxygen atoms in total. The van der Waals surface area contributed by atoms with Crippen LogP contribution in [-0.4, -0.2) is 15.0 Å². The lowest BCUT2D eigenvalue weighted by atomic mass is 10.5. The van der Waals surface area contributed by atoms with E-state index in [9.17, 15) is 8.42 Å². The van der Waals surface area contributed by atoms with Gasteiger partial charge in [0.2, 0.25) is 12.4 Å². The fourth-order valence-corrected chi connectivity index (χ4v) is 1.31. The fraction of sp³-hybridized carbons (Fsp3) is 0.125. The van der Waals surface area contributed by atoms with E-state index in [-0.39, 0.29) is 6.61 Å². The summed E-state index contributed by atoms with van der Waals surface area (Å²) >= 11 is 0. The number of rotatable bonds is 5. The Bertz CT molecular complexity index is 387. The molecule has 1 aromatic heterocycles. The van der Waals surface area contributed by atoms with Crippen LogP contribution in [0, 0.1) is 0 Å². The maximum Gasteiger partial charge on any atom is 0.503 e. The van der Waals surface area contributed by atoms with Crippen LogP contribution in [0.4, 0.5) is 0 Å². The third-order valence-electron chi connectivity index (χ3n) is 1.20. The van der Waals surface area contributed by atoms with Gasteiger partial charge in [0, 0.05) is 16.9 Å². The Labute approximate surface area is 82.5 Å². The second kappa shape index (κ2) is 4.73. The van der Waals surface area contributed by atoms with Crippen molar-refractivity contribution >= 4 is 10.4 Å². The summed E-state index contributed by atoms with van der Waals surface area (Å²) in [6.45, 7) is 3.20. The molecule has 0 fully saturated rings. The molecule has 0 radical (unpaired) electrons. The molecule has 76 valence electrons. The summed E-state index contributed by atoms with van der Waals surface area (Å²) in [4.78, 5) is 0. The number of pyridine rings is 1. The minimum Gasteiger partial charge on any atom is -0.231 e. The van der Waals surface area contributed by atoms with E-state index in [4.69, 9.17) is 0 Å². The van der Waals surface area contributed by atoms with Crippen molar-refractivity contribution in [3.05, 3.63) is 43.2 Å². The molecule has 14 heavy (non-hydrogen) atoms. The molecule has 0 saturated carbocycles. The van der Waals surface area contributed by atoms with E-state index in [1.165, 1.54) is 18.5 Å². The van der Waals surface area contributed by atoms with Gasteiger partial charge in [0.25, 0.3) is 0 Å². The van der Waals surface area contributed by atoms with Crippen molar-refractivity contribution in [3.63, 3.8) is 0 Å². The Kier molecular flexibility index (Phi) is 3.61. The van der Waals surface area contributed by atoms with Crippen LogP contribution >= 0.6 is 0 Å². The molecule has 0 bridgehead atoms. The van der Waals surface area contributed by atoms with Crippen molar-refractivity contribution in [2.45, 2.75) is 0 Å². The van der Waals surface area contributed by atoms with Gasteiger partial charge in [0.05, 0.1) is 6.61 Å². The highest BCUT2D eigenvalue weighted by Crippen LogP contribution is 1.88. The molecule has 0 N–H and O–H groups in total. The van der Waals surface area contributed by atoms with Gasteiger partial charge in [0.1, 0.15) is 0 Å². The summed E-state index contributed by atoms with van der Waals surface area (Å²) in [7, 11) is -4.01. The van der Waals surface area contributed by atoms with E-state index >= 15 is 0 Å². The van der Waals surface area contributed by atoms with Gasteiger partial charge in [-0.15, -0.1) is 10.9 Å². The van der Waals surface area contributed by atoms with Gasteiger partial charge in [-0.05, 0) is 0 Å². The zero-order chi connectivity index (χ0) is 10.4. The molecule has 0 amide bonds. The Hall–Kier alpha value is -1.40. The Morgan fingerprint density at radius 2 is 1.93 bits per heavy atom. The molecule has 0 spiro atoms. The quantitative estimate of drug-likeness (QED) is 0.507. The molecule has 0 aromatic carbocycles. The SMILES string of the molecule is C=CCOS(=O)(=O)O[n+]1ccccc1. The highest BCUT2D eigenvalue weighted by molar-refractivity contribution is 7.81. The van der Waals surface area contributed by atoms with Crippen molar-refractivity contribution in [2.75, 3.05) is 6.61 Å². The third kappa shape index (κ3) is 3.55. The minimum atomic E-state index is -4.01. The standard InChI is InChI=1S/C8H10NO4S/c1-2-8-12-14(10,11)13-9-6-4-3-5-7-9/h2-7H,1,8H2/q+1. The highest BCUT2D eigenvalue weighted by atomic mass is 32.3. The zero-order valence-corrected chi connectivity index (χ0v) is 8.18. The number of hydrogen-bond donors (Lipinski definition) is 0. The smallest absolute Gasteiger partial charge is 0.231 e. The van der Waals surface area contributed by atoms with Gasteiger partial charge in [-0.25, -0.2) is 4.18 Å². The number of nitrogens with zero attached hydrogens (tertiary/aromatic N) is 1. The summed E-state index contributed by atoms with van der Waals surface area (Å²) < 4.78 is 32.0. The lowest BCUT2D eigenvalue weighted by molar-refractivity contribution is -0.857. The summed E-state index contributed by atoms with van der Waals surface area (Å²) in [6, 6.07) is 4.99. The van der Waals surface area contributed by atoms with Crippen LogP contribution in [0.2, 0.25) is 0 Å². The maximum absolute atomic E-state index is 11.0. The summed E-state index contributed by atoms with van der Waals surface area (Å²) in [6.07, 6.45) is 4.19. The van der Waals surface area contributed by atoms with E-state index in [1.54, 1.807) is 18.2 Å². The Morgan fingerprint density at radius 1 is 1.29 bits per heavy atom. The maximum atomic E-state index is 11.0. The number of aromatic nitrogens is 1. The lowest BCUT2D eigenvalue weighted by Gasteiger charge is -1.97. The van der Waals surface area contributed by atoms with Crippen LogP contribution < -0.4 is 9.01 Å². The van der Waals surface area contributed by atoms with Crippen LogP contribution in [0.5, 0.6) is 0 Å². The van der Waals surface area contributed by atoms with E-state index in [1.807, 2.05) is 0 Å². The Morgan fingerprint density at radius 3 is 2.50 bits per heavy atom. The van der Waals surface area contributed by atoms with E-state index in [0.29, 0.717) is 0 Å². The van der Waals surface area contributed by atoms with Crippen LogP contribution in [0.3, 0.4) is 0 Å². The molecule has 1 aromatic rings. The van der Waals surface area contributed by atoms with Crippen molar-refractivity contribution in [1.82, 2.24) is 0 Å². The van der Waals surface area contributed by atoms with E-state index in [0.717, 1.165) is 4.73 Å². The highest BCUT2D eigenvalue weighted by Gasteiger charge is 2.18. The molecule has 0 saturated heterocycles. The summed E-state index contributed by atoms with van der Waals surface area (Å²) in [5.74, 6) is 0. The van der Waals surface area contributed by atoms with Crippen LogP contribution in [0.1, 0.15) is 0 Å². The summed E-state index contributed by atoms with van der Waals surface area (Å²) in [5, 5.41) is 0. The first kappa shape index (κ1) is 10.7. The first-order chi connectivity index (χ1) is 6.64. The first-order valence-electron chi connectivity index (χ1n) is 3.80. The van der Waals surface area contributed by atoms with Crippen LogP contribution in [0.15, 0.2) is 43.2 Å². The first-order valence-corrected chi connectivity index (χ1v) is 5.14. The minimum absolute atomic E-state index is 0.115. The topological polar surface area (TPSA) is 56.5 Å². The predicted octanol–water partition coefficient (Wildman–Crippen LogP) is -0.150. The summed E-state index contributed by atoms with van der Waals surface area (Å²) in [5.41, 5.74) is 0. The lowest BCUT2D eigenvalue weighted by Crippen LogP contribution is -2.45. The van der Waals surface area contributed by atoms with Crippen LogP contribution in [0.25, 0.3) is 0 Å². The molecule has 0 aliphatic heterocycles. The second-order valence-corrected chi connectivity index (χ2v) is 3.49. The molecule has 0 atom stereocenters. The third-order valence-corrected chi connectivity index (χ3v) is 1.98. The van der Waals surface area contributed by atoms with E-state index < -0.39 is 10.4 Å². The molecule has 1 heterocycles. The molecular weight excluding hydrogens is 206 g/mol. The van der Waals surface area contributed by atoms with Crippen molar-refractivity contribution in [3.8, 4) is 0 Å². The molecular formula is C8H10NO4S+. The molecule has 0 aliphatic carbocycles. The predicted molar refractivity (Wildman–Crippen MR) is 48.3 cm³/mol. The van der Waals surface area contributed by atoms with Gasteiger partial charge < -0.3 is 0 Å². The average Bonchev–Trinajstić information content (AvgIpc) is 2.16. The monoisotopic (exact) mass is 216 g/mol. The van der Waals surface area contributed by atoms with E-state index in [2.05, 4.69) is 15.0 Å². The molecule has 1 rings (SSSR count). The normalized spacial score (nSPS) is 10.9. The second-order valence-electron chi connectivity index (χ2n) is 2.29. The molecule has 6 heteroatoms.